The Labute approximate surface area is 335 Å². The smallest absolute Gasteiger partial charge is 0.216 e. The van der Waals surface area contributed by atoms with Gasteiger partial charge >= 0.3 is 0 Å². The van der Waals surface area contributed by atoms with Gasteiger partial charge in [-0.2, -0.15) is 0 Å². The van der Waals surface area contributed by atoms with Crippen molar-refractivity contribution in [3.05, 3.63) is 102 Å². The van der Waals surface area contributed by atoms with Crippen LogP contribution < -0.4 is 14.2 Å². The van der Waals surface area contributed by atoms with E-state index < -0.39 is 0 Å². The minimum absolute atomic E-state index is 0.0222. The zero-order valence-electron chi connectivity index (χ0n) is 34.7. The molecule has 1 N–H and O–H groups in total. The van der Waals surface area contributed by atoms with Crippen molar-refractivity contribution in [3.8, 4) is 40.2 Å². The van der Waals surface area contributed by atoms with Crippen molar-refractivity contribution in [2.45, 2.75) is 175 Å². The van der Waals surface area contributed by atoms with Crippen LogP contribution in [0.1, 0.15) is 172 Å². The molecule has 0 aliphatic carbocycles. The Kier molecular flexibility index (Phi) is 21.4. The van der Waals surface area contributed by atoms with Gasteiger partial charge in [-0.1, -0.05) is 191 Å². The van der Waals surface area contributed by atoms with Crippen LogP contribution in [0.25, 0.3) is 0 Å². The van der Waals surface area contributed by atoms with Gasteiger partial charge < -0.3 is 19.3 Å². The number of aromatic hydroxyl groups is 1. The molecule has 55 heavy (non-hydrogen) atoms. The van der Waals surface area contributed by atoms with E-state index in [0.717, 1.165) is 66.9 Å². The fourth-order valence-corrected chi connectivity index (χ4v) is 7.40. The van der Waals surface area contributed by atoms with Crippen molar-refractivity contribution >= 4 is 0 Å². The second-order valence-electron chi connectivity index (χ2n) is 15.5. The summed E-state index contributed by atoms with van der Waals surface area (Å²) in [7, 11) is 0. The first-order valence-electron chi connectivity index (χ1n) is 22.3. The molecule has 0 saturated carbocycles. The molecular weight excluding hydrogens is 677 g/mol. The van der Waals surface area contributed by atoms with Gasteiger partial charge in [-0.05, 0) is 85.5 Å². The molecule has 0 aliphatic rings. The normalized spacial score (nSPS) is 11.2. The molecule has 4 nitrogen and oxygen atoms in total. The Morgan fingerprint density at radius 2 is 0.655 bits per heavy atom. The van der Waals surface area contributed by atoms with E-state index in [1.54, 1.807) is 6.07 Å². The summed E-state index contributed by atoms with van der Waals surface area (Å²) in [5.74, 6) is 3.53. The van der Waals surface area contributed by atoms with Gasteiger partial charge in [0.1, 0.15) is 17.2 Å². The summed E-state index contributed by atoms with van der Waals surface area (Å²) < 4.78 is 20.4. The van der Waals surface area contributed by atoms with Crippen molar-refractivity contribution in [1.82, 2.24) is 0 Å². The molecule has 0 spiro atoms. The summed E-state index contributed by atoms with van der Waals surface area (Å²) in [4.78, 5) is 0. The number of phenolic OH excluding ortho intramolecular Hbond substituents is 1. The number of hydrogen-bond acceptors (Lipinski definition) is 4. The van der Waals surface area contributed by atoms with Crippen LogP contribution in [0.5, 0.6) is 40.2 Å². The van der Waals surface area contributed by atoms with E-state index in [4.69, 9.17) is 14.2 Å². The van der Waals surface area contributed by atoms with Crippen LogP contribution in [-0.4, -0.2) is 5.11 Å². The molecule has 0 atom stereocenters. The Balaban J connectivity index is 1.59. The second-order valence-corrected chi connectivity index (χ2v) is 15.5. The van der Waals surface area contributed by atoms with Crippen LogP contribution in [0, 0.1) is 0 Å². The molecule has 0 radical (unpaired) electrons. The molecule has 0 unspecified atom stereocenters. The van der Waals surface area contributed by atoms with Gasteiger partial charge in [0, 0.05) is 0 Å². The standard InChI is InChI=1S/C51H72O4/c1-4-7-10-13-16-19-22-31-42-34-25-28-37-46(42)53-49-41-40-45(52)50(54-47-38-29-26-35-43(47)32-23-20-17-14-11-8-5-2)51(49)55-48-39-30-27-36-44(48)33-24-21-18-15-12-9-6-3/h25-30,34-41,52H,4-24,31-33H2,1-3H3. The third-order valence-electron chi connectivity index (χ3n) is 10.8. The number of ether oxygens (including phenoxy) is 3. The Bertz CT molecular complexity index is 1610. The summed E-state index contributed by atoms with van der Waals surface area (Å²) >= 11 is 0. The molecule has 0 aliphatic heterocycles. The molecule has 0 saturated heterocycles. The minimum atomic E-state index is 0.0222. The molecular formula is C51H72O4. The largest absolute Gasteiger partial charge is 0.504 e. The van der Waals surface area contributed by atoms with Gasteiger partial charge in [-0.15, -0.1) is 0 Å². The van der Waals surface area contributed by atoms with Gasteiger partial charge in [-0.3, -0.25) is 0 Å². The van der Waals surface area contributed by atoms with Crippen molar-refractivity contribution in [3.63, 3.8) is 0 Å². The highest BCUT2D eigenvalue weighted by atomic mass is 16.5. The van der Waals surface area contributed by atoms with Crippen molar-refractivity contribution < 1.29 is 19.3 Å². The quantitative estimate of drug-likeness (QED) is 0.0540. The molecule has 0 aromatic heterocycles. The van der Waals surface area contributed by atoms with Crippen LogP contribution in [0.4, 0.5) is 0 Å². The summed E-state index contributed by atoms with van der Waals surface area (Å²) in [6.45, 7) is 6.80. The van der Waals surface area contributed by atoms with Gasteiger partial charge in [0.25, 0.3) is 0 Å². The summed E-state index contributed by atoms with van der Waals surface area (Å²) in [6, 6.07) is 28.3. The highest BCUT2D eigenvalue weighted by molar-refractivity contribution is 5.62. The maximum absolute atomic E-state index is 11.5. The van der Waals surface area contributed by atoms with E-state index in [-0.39, 0.29) is 11.5 Å². The number of phenols is 1. The molecule has 4 heteroatoms. The van der Waals surface area contributed by atoms with Gasteiger partial charge in [0.05, 0.1) is 0 Å². The molecule has 4 rings (SSSR count). The Morgan fingerprint density at radius 3 is 1.05 bits per heavy atom. The summed E-state index contributed by atoms with van der Waals surface area (Å²) in [5.41, 5.74) is 3.46. The zero-order valence-corrected chi connectivity index (χ0v) is 34.7. The van der Waals surface area contributed by atoms with E-state index in [1.807, 2.05) is 42.5 Å². The monoisotopic (exact) mass is 749 g/mol. The number of rotatable bonds is 30. The Morgan fingerprint density at radius 1 is 0.327 bits per heavy atom. The van der Waals surface area contributed by atoms with Crippen molar-refractivity contribution in [2.75, 3.05) is 0 Å². The van der Waals surface area contributed by atoms with Crippen LogP contribution in [0.15, 0.2) is 84.9 Å². The molecule has 0 fully saturated rings. The average Bonchev–Trinajstić information content (AvgIpc) is 3.20. The first kappa shape index (κ1) is 43.8. The van der Waals surface area contributed by atoms with Crippen LogP contribution in [-0.2, 0) is 19.3 Å². The maximum atomic E-state index is 11.5. The molecule has 0 amide bonds. The fourth-order valence-electron chi connectivity index (χ4n) is 7.40. The third kappa shape index (κ3) is 16.0. The number of hydrogen-bond donors (Lipinski definition) is 1. The molecule has 300 valence electrons. The van der Waals surface area contributed by atoms with E-state index in [9.17, 15) is 5.11 Å². The first-order valence-corrected chi connectivity index (χ1v) is 22.3. The second kappa shape index (κ2) is 26.8. The third-order valence-corrected chi connectivity index (χ3v) is 10.8. The molecule has 4 aromatic carbocycles. The predicted octanol–water partition coefficient (Wildman–Crippen LogP) is 16.6. The zero-order chi connectivity index (χ0) is 38.8. The van der Waals surface area contributed by atoms with E-state index in [2.05, 4.69) is 57.2 Å². The number of para-hydroxylation sites is 3. The average molecular weight is 749 g/mol. The van der Waals surface area contributed by atoms with E-state index in [0.29, 0.717) is 11.5 Å². The highest BCUT2D eigenvalue weighted by Gasteiger charge is 2.23. The number of benzene rings is 4. The molecule has 0 bridgehead atoms. The lowest BCUT2D eigenvalue weighted by Crippen LogP contribution is -2.00. The lowest BCUT2D eigenvalue weighted by Gasteiger charge is -2.20. The van der Waals surface area contributed by atoms with E-state index in [1.165, 1.54) is 121 Å². The van der Waals surface area contributed by atoms with Crippen LogP contribution in [0.2, 0.25) is 0 Å². The molecule has 0 heterocycles. The Hall–Kier alpha value is -3.92. The van der Waals surface area contributed by atoms with Crippen LogP contribution >= 0.6 is 0 Å². The number of aryl methyl sites for hydroxylation is 3. The van der Waals surface area contributed by atoms with Crippen LogP contribution in [0.3, 0.4) is 0 Å². The number of unbranched alkanes of at least 4 members (excludes halogenated alkanes) is 18. The van der Waals surface area contributed by atoms with Crippen molar-refractivity contribution in [1.29, 1.82) is 0 Å². The first-order chi connectivity index (χ1) is 27.1. The summed E-state index contributed by atoms with van der Waals surface area (Å²) in [6.07, 6.45) is 29.3. The van der Waals surface area contributed by atoms with E-state index >= 15 is 0 Å². The van der Waals surface area contributed by atoms with Crippen molar-refractivity contribution in [2.24, 2.45) is 0 Å². The SMILES string of the molecule is CCCCCCCCCc1ccccc1Oc1ccc(O)c(Oc2ccccc2CCCCCCCCC)c1Oc1ccccc1CCCCCCCCC. The van der Waals surface area contributed by atoms with Gasteiger partial charge in [-0.25, -0.2) is 0 Å². The van der Waals surface area contributed by atoms with Gasteiger partial charge in [0.2, 0.25) is 11.5 Å². The minimum Gasteiger partial charge on any atom is -0.504 e. The van der Waals surface area contributed by atoms with Gasteiger partial charge in [0.15, 0.2) is 11.5 Å². The topological polar surface area (TPSA) is 47.9 Å². The fraction of sp³-hybridized carbons (Fsp3) is 0.529. The highest BCUT2D eigenvalue weighted by Crippen LogP contribution is 2.50. The molecule has 4 aromatic rings. The summed E-state index contributed by atoms with van der Waals surface area (Å²) in [5, 5.41) is 11.5. The maximum Gasteiger partial charge on any atom is 0.216 e. The predicted molar refractivity (Wildman–Crippen MR) is 233 cm³/mol. The lowest BCUT2D eigenvalue weighted by atomic mass is 10.0. The lowest BCUT2D eigenvalue weighted by molar-refractivity contribution is 0.358.